The maximum atomic E-state index is 12.0. The van der Waals surface area contributed by atoms with E-state index >= 15 is 0 Å². The molecule has 0 unspecified atom stereocenters. The average Bonchev–Trinajstić information content (AvgIpc) is 3.01. The van der Waals surface area contributed by atoms with Gasteiger partial charge in [0.05, 0.1) is 20.8 Å². The van der Waals surface area contributed by atoms with Crippen LogP contribution in [-0.2, 0) is 11.2 Å². The van der Waals surface area contributed by atoms with Gasteiger partial charge in [0.15, 0.2) is 5.96 Å². The maximum absolute atomic E-state index is 12.0. The highest BCUT2D eigenvalue weighted by molar-refractivity contribution is 14.0. The van der Waals surface area contributed by atoms with Gasteiger partial charge in [-0.05, 0) is 53.2 Å². The largest absolute Gasteiger partial charge is 0.444 e. The van der Waals surface area contributed by atoms with Crippen molar-refractivity contribution in [2.45, 2.75) is 58.6 Å². The zero-order chi connectivity index (χ0) is 21.5. The summed E-state index contributed by atoms with van der Waals surface area (Å²) in [7, 11) is 1.73. The average molecular weight is 548 g/mol. The van der Waals surface area contributed by atoms with Crippen molar-refractivity contribution >= 4 is 57.6 Å². The fraction of sp³-hybridized carbons (Fsp3) is 0.571. The quantitative estimate of drug-likeness (QED) is 0.208. The number of guanidine groups is 1. The molecule has 1 aromatic carbocycles. The molecule has 1 aromatic heterocycles. The Morgan fingerprint density at radius 3 is 2.50 bits per heavy atom. The number of amides is 1. The number of ether oxygens (including phenoxy) is 1. The molecule has 2 aromatic rings. The molecule has 0 bridgehead atoms. The number of hydrogen-bond acceptors (Lipinski definition) is 5. The van der Waals surface area contributed by atoms with Crippen molar-refractivity contribution in [3.63, 3.8) is 0 Å². The predicted molar refractivity (Wildman–Crippen MR) is 136 cm³/mol. The number of para-hydroxylation sites is 1. The molecule has 0 radical (unpaired) electrons. The van der Waals surface area contributed by atoms with Crippen molar-refractivity contribution in [2.75, 3.05) is 20.1 Å². The van der Waals surface area contributed by atoms with Gasteiger partial charge in [-0.2, -0.15) is 0 Å². The Hall–Kier alpha value is -1.62. The van der Waals surface area contributed by atoms with Gasteiger partial charge < -0.3 is 20.7 Å². The molecular weight excluding hydrogens is 513 g/mol. The van der Waals surface area contributed by atoms with E-state index in [-0.39, 0.29) is 24.0 Å². The van der Waals surface area contributed by atoms with E-state index < -0.39 is 17.2 Å². The summed E-state index contributed by atoms with van der Waals surface area (Å²) in [4.78, 5) is 20.9. The van der Waals surface area contributed by atoms with Crippen molar-refractivity contribution in [1.82, 2.24) is 20.9 Å². The molecule has 0 atom stereocenters. The Kier molecular flexibility index (Phi) is 10.3. The van der Waals surface area contributed by atoms with Gasteiger partial charge in [0.2, 0.25) is 0 Å². The highest BCUT2D eigenvalue weighted by atomic mass is 127. The first-order valence-electron chi connectivity index (χ1n) is 9.88. The summed E-state index contributed by atoms with van der Waals surface area (Å²) in [5.41, 5.74) is 0.0627. The molecule has 0 saturated heterocycles. The van der Waals surface area contributed by atoms with Crippen LogP contribution < -0.4 is 16.0 Å². The minimum atomic E-state index is -0.519. The van der Waals surface area contributed by atoms with Crippen molar-refractivity contribution < 1.29 is 9.53 Å². The number of fused-ring (bicyclic) bond motifs is 1. The van der Waals surface area contributed by atoms with Gasteiger partial charge in [-0.1, -0.05) is 12.1 Å². The molecule has 0 fully saturated rings. The Labute approximate surface area is 200 Å². The second-order valence-electron chi connectivity index (χ2n) is 8.54. The van der Waals surface area contributed by atoms with E-state index in [9.17, 15) is 4.79 Å². The number of hydrogen-bond donors (Lipinski definition) is 3. The third-order valence-corrected chi connectivity index (χ3v) is 5.05. The SMILES string of the molecule is CN=C(NCCCc1nc2ccccc2s1)NCC(C)(C)NC(=O)OC(C)(C)C.I. The van der Waals surface area contributed by atoms with Gasteiger partial charge in [-0.15, -0.1) is 35.3 Å². The standard InChI is InChI=1S/C21H33N5O2S.HI/c1-20(2,3)28-19(27)26-21(4,5)14-24-18(22-6)23-13-9-12-17-25-15-10-7-8-11-16(15)29-17;/h7-8,10-11H,9,12-14H2,1-6H3,(H,26,27)(H2,22,23,24);1H. The summed E-state index contributed by atoms with van der Waals surface area (Å²) >= 11 is 1.75. The number of benzene rings is 1. The first-order chi connectivity index (χ1) is 13.6. The van der Waals surface area contributed by atoms with Crippen LogP contribution in [0.15, 0.2) is 29.3 Å². The molecule has 3 N–H and O–H groups in total. The van der Waals surface area contributed by atoms with E-state index in [0.29, 0.717) is 12.5 Å². The predicted octanol–water partition coefficient (Wildman–Crippen LogP) is 4.32. The number of aliphatic imine (C=N–C) groups is 1. The van der Waals surface area contributed by atoms with Crippen LogP contribution in [0, 0.1) is 0 Å². The molecule has 0 aliphatic carbocycles. The Balaban J connectivity index is 0.00000450. The highest BCUT2D eigenvalue weighted by Gasteiger charge is 2.24. The highest BCUT2D eigenvalue weighted by Crippen LogP contribution is 2.22. The number of alkyl carbamates (subject to hydrolysis) is 1. The number of aryl methyl sites for hydroxylation is 1. The van der Waals surface area contributed by atoms with E-state index in [1.807, 2.05) is 52.8 Å². The molecule has 30 heavy (non-hydrogen) atoms. The van der Waals surface area contributed by atoms with Gasteiger partial charge in [-0.3, -0.25) is 4.99 Å². The molecule has 1 heterocycles. The fourth-order valence-corrected chi connectivity index (χ4v) is 3.63. The Bertz CT molecular complexity index is 812. The molecule has 0 aliphatic heterocycles. The number of nitrogens with zero attached hydrogens (tertiary/aromatic N) is 2. The number of carbonyl (C=O) groups is 1. The lowest BCUT2D eigenvalue weighted by Gasteiger charge is -2.29. The summed E-state index contributed by atoms with van der Waals surface area (Å²) in [6.07, 6.45) is 1.46. The van der Waals surface area contributed by atoms with Crippen molar-refractivity contribution in [1.29, 1.82) is 0 Å². The summed E-state index contributed by atoms with van der Waals surface area (Å²) in [6.45, 7) is 10.7. The first kappa shape index (κ1) is 26.4. The zero-order valence-electron chi connectivity index (χ0n) is 18.7. The van der Waals surface area contributed by atoms with Crippen LogP contribution in [0.25, 0.3) is 10.2 Å². The number of aromatic nitrogens is 1. The summed E-state index contributed by atoms with van der Waals surface area (Å²) in [5.74, 6) is 0.702. The van der Waals surface area contributed by atoms with Crippen LogP contribution >= 0.6 is 35.3 Å². The third-order valence-electron chi connectivity index (χ3n) is 3.96. The topological polar surface area (TPSA) is 87.6 Å². The lowest BCUT2D eigenvalue weighted by molar-refractivity contribution is 0.0474. The monoisotopic (exact) mass is 547 g/mol. The van der Waals surface area contributed by atoms with E-state index in [0.717, 1.165) is 29.9 Å². The minimum Gasteiger partial charge on any atom is -0.444 e. The van der Waals surface area contributed by atoms with Gasteiger partial charge in [-0.25, -0.2) is 9.78 Å². The second kappa shape index (κ2) is 11.7. The minimum absolute atomic E-state index is 0. The lowest BCUT2D eigenvalue weighted by Crippen LogP contribution is -2.54. The molecule has 2 rings (SSSR count). The number of halogens is 1. The molecule has 0 spiro atoms. The number of rotatable bonds is 7. The first-order valence-corrected chi connectivity index (χ1v) is 10.7. The second-order valence-corrected chi connectivity index (χ2v) is 9.66. The summed E-state index contributed by atoms with van der Waals surface area (Å²) in [6, 6.07) is 8.21. The maximum Gasteiger partial charge on any atom is 0.408 e. The number of carbonyl (C=O) groups excluding carboxylic acids is 1. The van der Waals surface area contributed by atoms with Crippen LogP contribution in [0.2, 0.25) is 0 Å². The molecular formula is C21H34IN5O2S. The Morgan fingerprint density at radius 1 is 1.17 bits per heavy atom. The summed E-state index contributed by atoms with van der Waals surface area (Å²) in [5, 5.41) is 10.6. The van der Waals surface area contributed by atoms with E-state index in [2.05, 4.69) is 32.0 Å². The van der Waals surface area contributed by atoms with E-state index in [4.69, 9.17) is 4.74 Å². The smallest absolute Gasteiger partial charge is 0.408 e. The third kappa shape index (κ3) is 9.46. The van der Waals surface area contributed by atoms with Crippen molar-refractivity contribution in [3.8, 4) is 0 Å². The van der Waals surface area contributed by atoms with Crippen LogP contribution in [0.5, 0.6) is 0 Å². The molecule has 9 heteroatoms. The molecule has 0 saturated carbocycles. The van der Waals surface area contributed by atoms with Crippen LogP contribution in [0.1, 0.15) is 46.0 Å². The van der Waals surface area contributed by atoms with Gasteiger partial charge in [0.1, 0.15) is 5.60 Å². The fourth-order valence-electron chi connectivity index (χ4n) is 2.62. The van der Waals surface area contributed by atoms with E-state index in [1.165, 1.54) is 4.70 Å². The Morgan fingerprint density at radius 2 is 1.87 bits per heavy atom. The number of thiazole rings is 1. The van der Waals surface area contributed by atoms with E-state index in [1.54, 1.807) is 18.4 Å². The molecule has 168 valence electrons. The van der Waals surface area contributed by atoms with Crippen LogP contribution in [0.4, 0.5) is 4.79 Å². The van der Waals surface area contributed by atoms with Crippen molar-refractivity contribution in [3.05, 3.63) is 29.3 Å². The van der Waals surface area contributed by atoms with Gasteiger partial charge in [0.25, 0.3) is 0 Å². The molecule has 1 amide bonds. The van der Waals surface area contributed by atoms with Gasteiger partial charge in [0, 0.05) is 26.6 Å². The zero-order valence-corrected chi connectivity index (χ0v) is 21.8. The normalized spacial score (nSPS) is 12.3. The van der Waals surface area contributed by atoms with Crippen LogP contribution in [0.3, 0.4) is 0 Å². The summed E-state index contributed by atoms with van der Waals surface area (Å²) < 4.78 is 6.55. The van der Waals surface area contributed by atoms with Crippen LogP contribution in [-0.4, -0.2) is 48.3 Å². The van der Waals surface area contributed by atoms with Gasteiger partial charge >= 0.3 is 6.09 Å². The lowest BCUT2D eigenvalue weighted by atomic mass is 10.1. The molecule has 0 aliphatic rings. The van der Waals surface area contributed by atoms with Crippen molar-refractivity contribution in [2.24, 2.45) is 4.99 Å². The number of nitrogens with one attached hydrogen (secondary N) is 3. The molecule has 7 nitrogen and oxygen atoms in total.